The lowest BCUT2D eigenvalue weighted by Crippen LogP contribution is -2.47. The molecule has 3 aromatic rings. The number of carbonyl (C=O) groups excluding carboxylic acids is 2. The zero-order valence-corrected chi connectivity index (χ0v) is 15.6. The zero-order valence-electron chi connectivity index (χ0n) is 15.6. The van der Waals surface area contributed by atoms with E-state index >= 15 is 0 Å². The highest BCUT2D eigenvalue weighted by Gasteiger charge is 2.33. The van der Waals surface area contributed by atoms with Crippen LogP contribution in [0.15, 0.2) is 70.8 Å². The van der Waals surface area contributed by atoms with E-state index < -0.39 is 6.04 Å². The topological polar surface area (TPSA) is 87.5 Å². The number of aromatic nitrogens is 1. The molecule has 2 aromatic heterocycles. The van der Waals surface area contributed by atoms with Gasteiger partial charge in [0.05, 0.1) is 29.7 Å². The lowest BCUT2D eigenvalue weighted by Gasteiger charge is -2.30. The summed E-state index contributed by atoms with van der Waals surface area (Å²) in [4.78, 5) is 31.1. The third kappa shape index (κ3) is 3.34. The summed E-state index contributed by atoms with van der Waals surface area (Å²) in [7, 11) is 1.75. The molecule has 7 heteroatoms. The molecule has 0 fully saturated rings. The van der Waals surface area contributed by atoms with E-state index in [0.717, 1.165) is 22.0 Å². The van der Waals surface area contributed by atoms with Crippen LogP contribution in [0.2, 0.25) is 0 Å². The summed E-state index contributed by atoms with van der Waals surface area (Å²) in [6.07, 6.45) is 4.81. The largest absolute Gasteiger partial charge is 0.472 e. The van der Waals surface area contributed by atoms with Crippen LogP contribution < -0.4 is 10.6 Å². The number of carbonyl (C=O) groups is 2. The van der Waals surface area contributed by atoms with E-state index in [2.05, 4.69) is 15.6 Å². The number of nitrogens with zero attached hydrogens (tertiary/aromatic N) is 2. The van der Waals surface area contributed by atoms with Gasteiger partial charge in [-0.1, -0.05) is 12.1 Å². The molecule has 1 aliphatic heterocycles. The molecule has 0 saturated carbocycles. The number of allylic oxidation sites excluding steroid dienone is 1. The molecule has 28 heavy (non-hydrogen) atoms. The molecular formula is C21H20N4O3. The third-order valence-corrected chi connectivity index (χ3v) is 4.81. The first-order valence-electron chi connectivity index (χ1n) is 8.92. The summed E-state index contributed by atoms with van der Waals surface area (Å²) >= 11 is 0. The molecular weight excluding hydrogens is 356 g/mol. The van der Waals surface area contributed by atoms with Gasteiger partial charge in [0.15, 0.2) is 0 Å². The second kappa shape index (κ2) is 7.19. The van der Waals surface area contributed by atoms with Gasteiger partial charge in [0.25, 0.3) is 5.91 Å². The summed E-state index contributed by atoms with van der Waals surface area (Å²) < 4.78 is 5.14. The Morgan fingerprint density at radius 3 is 2.93 bits per heavy atom. The fourth-order valence-electron chi connectivity index (χ4n) is 3.44. The van der Waals surface area contributed by atoms with Crippen LogP contribution in [0.3, 0.4) is 0 Å². The van der Waals surface area contributed by atoms with Crippen LogP contribution in [0.4, 0.5) is 4.79 Å². The molecule has 7 nitrogen and oxygen atoms in total. The molecule has 142 valence electrons. The maximum atomic E-state index is 13.2. The Morgan fingerprint density at radius 1 is 1.29 bits per heavy atom. The molecule has 2 N–H and O–H groups in total. The van der Waals surface area contributed by atoms with Crippen LogP contribution >= 0.6 is 0 Å². The maximum absolute atomic E-state index is 13.2. The minimum absolute atomic E-state index is 0.164. The van der Waals surface area contributed by atoms with Gasteiger partial charge in [-0.2, -0.15) is 0 Å². The quantitative estimate of drug-likeness (QED) is 0.732. The van der Waals surface area contributed by atoms with Crippen molar-refractivity contribution in [2.45, 2.75) is 19.5 Å². The van der Waals surface area contributed by atoms with E-state index in [-0.39, 0.29) is 11.9 Å². The molecule has 0 aliphatic carbocycles. The van der Waals surface area contributed by atoms with Crippen LogP contribution in [0, 0.1) is 0 Å². The van der Waals surface area contributed by atoms with E-state index in [4.69, 9.17) is 4.42 Å². The number of likely N-dealkylation sites (N-methyl/N-ethyl adjacent to an activating group) is 1. The molecule has 0 radical (unpaired) electrons. The minimum atomic E-state index is -0.553. The highest BCUT2D eigenvalue weighted by molar-refractivity contribution is 5.98. The molecule has 4 rings (SSSR count). The lowest BCUT2D eigenvalue weighted by molar-refractivity contribution is -0.126. The fourth-order valence-corrected chi connectivity index (χ4v) is 3.44. The second-order valence-electron chi connectivity index (χ2n) is 6.82. The number of hydrogen-bond acceptors (Lipinski definition) is 4. The Balaban J connectivity index is 1.60. The average molecular weight is 376 g/mol. The predicted octanol–water partition coefficient (Wildman–Crippen LogP) is 3.11. The van der Waals surface area contributed by atoms with Gasteiger partial charge < -0.3 is 20.0 Å². The van der Waals surface area contributed by atoms with Gasteiger partial charge in [0.2, 0.25) is 0 Å². The number of benzene rings is 1. The Bertz CT molecular complexity index is 1070. The molecule has 3 heterocycles. The van der Waals surface area contributed by atoms with E-state index in [9.17, 15) is 9.59 Å². The first kappa shape index (κ1) is 17.8. The Labute approximate surface area is 162 Å². The Kier molecular flexibility index (Phi) is 4.57. The molecule has 3 amide bonds. The summed E-state index contributed by atoms with van der Waals surface area (Å²) in [5.74, 6) is -0.164. The van der Waals surface area contributed by atoms with Gasteiger partial charge in [0.1, 0.15) is 0 Å². The number of hydrogen-bond donors (Lipinski definition) is 2. The number of pyridine rings is 1. The smallest absolute Gasteiger partial charge is 0.319 e. The summed E-state index contributed by atoms with van der Waals surface area (Å²) in [5, 5.41) is 6.51. The number of amides is 3. The number of nitrogens with one attached hydrogen (secondary N) is 2. The average Bonchev–Trinajstić information content (AvgIpc) is 3.21. The number of furan rings is 1. The van der Waals surface area contributed by atoms with E-state index in [0.29, 0.717) is 17.8 Å². The number of urea groups is 1. The van der Waals surface area contributed by atoms with Crippen LogP contribution in [0.25, 0.3) is 10.9 Å². The van der Waals surface area contributed by atoms with Gasteiger partial charge in [-0.05, 0) is 36.8 Å². The highest BCUT2D eigenvalue weighted by atomic mass is 16.3. The van der Waals surface area contributed by atoms with Crippen molar-refractivity contribution in [2.24, 2.45) is 0 Å². The Morgan fingerprint density at radius 2 is 2.14 bits per heavy atom. The number of rotatable bonds is 4. The van der Waals surface area contributed by atoms with Crippen molar-refractivity contribution in [3.05, 3.63) is 77.5 Å². The van der Waals surface area contributed by atoms with Gasteiger partial charge in [-0.3, -0.25) is 9.78 Å². The fraction of sp³-hybridized carbons (Fsp3) is 0.190. The molecule has 1 unspecified atom stereocenters. The van der Waals surface area contributed by atoms with Gasteiger partial charge in [-0.25, -0.2) is 4.79 Å². The first-order valence-corrected chi connectivity index (χ1v) is 8.92. The van der Waals surface area contributed by atoms with Gasteiger partial charge >= 0.3 is 6.03 Å². The van der Waals surface area contributed by atoms with Crippen molar-refractivity contribution in [1.29, 1.82) is 0 Å². The lowest BCUT2D eigenvalue weighted by atomic mass is 9.96. The van der Waals surface area contributed by atoms with E-state index in [1.807, 2.05) is 30.3 Å². The molecule has 0 spiro atoms. The standard InChI is InChI=1S/C21H20N4O3/c1-13-18(19(24-21(27)23-13)16-7-9-28-12-16)20(26)25(2)11-14-5-6-17-15(10-14)4-3-8-22-17/h3-10,12,19H,11H2,1-2H3,(H2,23,24,27). The van der Waals surface area contributed by atoms with Crippen LogP contribution in [-0.2, 0) is 11.3 Å². The third-order valence-electron chi connectivity index (χ3n) is 4.81. The highest BCUT2D eigenvalue weighted by Crippen LogP contribution is 2.28. The molecule has 1 aromatic carbocycles. The van der Waals surface area contributed by atoms with Crippen molar-refractivity contribution >= 4 is 22.8 Å². The molecule has 0 saturated heterocycles. The maximum Gasteiger partial charge on any atom is 0.319 e. The van der Waals surface area contributed by atoms with Crippen LogP contribution in [0.1, 0.15) is 24.1 Å². The Hall–Kier alpha value is -3.61. The summed E-state index contributed by atoms with van der Waals surface area (Å²) in [6, 6.07) is 10.7. The second-order valence-corrected chi connectivity index (χ2v) is 6.82. The first-order chi connectivity index (χ1) is 13.5. The zero-order chi connectivity index (χ0) is 19.7. The molecule has 0 bridgehead atoms. The summed E-state index contributed by atoms with van der Waals surface area (Å²) in [6.45, 7) is 2.17. The SMILES string of the molecule is CC1=C(C(=O)N(C)Cc2ccc3ncccc3c2)C(c2ccoc2)NC(=O)N1. The molecule has 1 aliphatic rings. The number of fused-ring (bicyclic) bond motifs is 1. The van der Waals surface area contributed by atoms with Crippen molar-refractivity contribution in [3.63, 3.8) is 0 Å². The van der Waals surface area contributed by atoms with E-state index in [1.165, 1.54) is 12.5 Å². The predicted molar refractivity (Wildman–Crippen MR) is 104 cm³/mol. The van der Waals surface area contributed by atoms with Crippen molar-refractivity contribution in [2.75, 3.05) is 7.05 Å². The van der Waals surface area contributed by atoms with Crippen molar-refractivity contribution in [3.8, 4) is 0 Å². The van der Waals surface area contributed by atoms with Gasteiger partial charge in [0, 0.05) is 36.4 Å². The van der Waals surface area contributed by atoms with Crippen LogP contribution in [0.5, 0.6) is 0 Å². The van der Waals surface area contributed by atoms with Crippen molar-refractivity contribution in [1.82, 2.24) is 20.5 Å². The molecule has 1 atom stereocenters. The van der Waals surface area contributed by atoms with Gasteiger partial charge in [-0.15, -0.1) is 0 Å². The monoisotopic (exact) mass is 376 g/mol. The summed E-state index contributed by atoms with van der Waals surface area (Å²) in [5.41, 5.74) is 3.67. The minimum Gasteiger partial charge on any atom is -0.472 e. The van der Waals surface area contributed by atoms with E-state index in [1.54, 1.807) is 31.1 Å². The van der Waals surface area contributed by atoms with Crippen molar-refractivity contribution < 1.29 is 14.0 Å². The van der Waals surface area contributed by atoms with Crippen LogP contribution in [-0.4, -0.2) is 28.9 Å². The normalized spacial score (nSPS) is 16.6.